The van der Waals surface area contributed by atoms with Crippen LogP contribution in [0.4, 0.5) is 4.39 Å². The van der Waals surface area contributed by atoms with Crippen LogP contribution < -0.4 is 11.1 Å². The Morgan fingerprint density at radius 2 is 2.14 bits per heavy atom. The van der Waals surface area contributed by atoms with Crippen LogP contribution in [-0.2, 0) is 11.3 Å². The van der Waals surface area contributed by atoms with Crippen molar-refractivity contribution in [1.29, 1.82) is 0 Å². The lowest BCUT2D eigenvalue weighted by atomic mass is 10.2. The smallest absolute Gasteiger partial charge is 0.291 e. The zero-order valence-electron chi connectivity index (χ0n) is 15.2. The molecule has 0 spiro atoms. The van der Waals surface area contributed by atoms with E-state index in [9.17, 15) is 14.0 Å². The van der Waals surface area contributed by atoms with Crippen molar-refractivity contribution in [3.63, 3.8) is 0 Å². The molecule has 3 rings (SSSR count). The molecule has 1 aromatic heterocycles. The summed E-state index contributed by atoms with van der Waals surface area (Å²) in [7, 11) is 1.57. The second-order valence-corrected chi connectivity index (χ2v) is 6.20. The number of halogens is 1. The van der Waals surface area contributed by atoms with Crippen LogP contribution in [0.2, 0.25) is 0 Å². The summed E-state index contributed by atoms with van der Waals surface area (Å²) >= 11 is 0. The number of aromatic nitrogens is 3. The van der Waals surface area contributed by atoms with Gasteiger partial charge in [0.25, 0.3) is 11.8 Å². The molecule has 0 saturated heterocycles. The summed E-state index contributed by atoms with van der Waals surface area (Å²) in [5, 5.41) is 6.78. The number of nitrogens with one attached hydrogen (secondary N) is 1. The van der Waals surface area contributed by atoms with Gasteiger partial charge in [-0.25, -0.2) is 14.1 Å². The maximum Gasteiger partial charge on any atom is 0.291 e. The lowest BCUT2D eigenvalue weighted by Gasteiger charge is -2.20. The summed E-state index contributed by atoms with van der Waals surface area (Å²) in [5.74, 6) is -0.791. The zero-order valence-corrected chi connectivity index (χ0v) is 15.2. The summed E-state index contributed by atoms with van der Waals surface area (Å²) in [5.41, 5.74) is 6.18. The second kappa shape index (κ2) is 8.42. The standard InChI is InChI=1S/C18H20FN7O2/c1-25-15(6-8-20)21-9-7-14(18(25)28)23-17(27)16-22-11-26(24-16)10-12-2-4-13(19)5-3-12/h2-6,8,11,14H,7,9-10,20H2,1H3,(H,23,27)/t14-/m0/s1. The van der Waals surface area contributed by atoms with E-state index in [1.54, 1.807) is 19.2 Å². The summed E-state index contributed by atoms with van der Waals surface area (Å²) in [6.45, 7) is 0.710. The van der Waals surface area contributed by atoms with Gasteiger partial charge in [-0.3, -0.25) is 19.5 Å². The van der Waals surface area contributed by atoms with E-state index in [1.165, 1.54) is 40.3 Å². The number of aliphatic imine (C=N–C) groups is 1. The number of carbonyl (C=O) groups is 2. The largest absolute Gasteiger partial charge is 0.404 e. The molecule has 1 aliphatic rings. The number of amides is 2. The molecule has 1 aliphatic heterocycles. The molecule has 1 atom stereocenters. The molecule has 146 valence electrons. The van der Waals surface area contributed by atoms with Gasteiger partial charge in [0, 0.05) is 13.6 Å². The molecule has 2 aromatic rings. The molecule has 3 N–H and O–H groups in total. The van der Waals surface area contributed by atoms with Crippen LogP contribution in [0.25, 0.3) is 0 Å². The van der Waals surface area contributed by atoms with Crippen molar-refractivity contribution in [2.75, 3.05) is 13.6 Å². The van der Waals surface area contributed by atoms with Crippen molar-refractivity contribution in [3.8, 4) is 0 Å². The highest BCUT2D eigenvalue weighted by Gasteiger charge is 2.29. The van der Waals surface area contributed by atoms with E-state index in [0.717, 1.165) is 5.56 Å². The van der Waals surface area contributed by atoms with Gasteiger partial charge < -0.3 is 11.1 Å². The molecule has 0 bridgehead atoms. The Hall–Kier alpha value is -3.56. The van der Waals surface area contributed by atoms with Gasteiger partial charge in [-0.1, -0.05) is 12.1 Å². The number of nitrogens with zero attached hydrogens (tertiary/aromatic N) is 5. The first-order chi connectivity index (χ1) is 13.5. The minimum atomic E-state index is -0.742. The molecule has 10 heteroatoms. The van der Waals surface area contributed by atoms with Crippen molar-refractivity contribution in [1.82, 2.24) is 25.0 Å². The van der Waals surface area contributed by atoms with Crippen LogP contribution in [0.15, 0.2) is 47.9 Å². The predicted molar refractivity (Wildman–Crippen MR) is 99.8 cm³/mol. The normalized spacial score (nSPS) is 17.5. The van der Waals surface area contributed by atoms with E-state index in [-0.39, 0.29) is 17.5 Å². The Kier molecular flexibility index (Phi) is 5.78. The molecule has 2 amide bonds. The van der Waals surface area contributed by atoms with E-state index in [1.807, 2.05) is 0 Å². The molecule has 2 heterocycles. The number of carbonyl (C=O) groups excluding carboxylic acids is 2. The molecular weight excluding hydrogens is 365 g/mol. The molecular formula is C18H20FN7O2. The van der Waals surface area contributed by atoms with Gasteiger partial charge in [0.1, 0.15) is 24.0 Å². The monoisotopic (exact) mass is 385 g/mol. The molecule has 0 saturated carbocycles. The van der Waals surface area contributed by atoms with E-state index >= 15 is 0 Å². The van der Waals surface area contributed by atoms with Crippen molar-refractivity contribution >= 4 is 17.6 Å². The first-order valence-electron chi connectivity index (χ1n) is 8.63. The van der Waals surface area contributed by atoms with Gasteiger partial charge in [-0.05, 0) is 36.4 Å². The van der Waals surface area contributed by atoms with Crippen LogP contribution in [0.3, 0.4) is 0 Å². The van der Waals surface area contributed by atoms with Crippen molar-refractivity contribution in [3.05, 3.63) is 60.1 Å². The van der Waals surface area contributed by atoms with Crippen molar-refractivity contribution < 1.29 is 14.0 Å². The number of hydrogen-bond acceptors (Lipinski definition) is 6. The molecule has 1 aromatic carbocycles. The maximum atomic E-state index is 13.0. The number of benzene rings is 1. The first kappa shape index (κ1) is 19.2. The molecule has 0 aliphatic carbocycles. The average Bonchev–Trinajstić information content (AvgIpc) is 3.11. The van der Waals surface area contributed by atoms with Crippen LogP contribution in [0.5, 0.6) is 0 Å². The Morgan fingerprint density at radius 1 is 1.39 bits per heavy atom. The first-order valence-corrected chi connectivity index (χ1v) is 8.63. The average molecular weight is 385 g/mol. The van der Waals surface area contributed by atoms with Gasteiger partial charge in [0.05, 0.1) is 6.54 Å². The number of nitrogens with two attached hydrogens (primary N) is 1. The van der Waals surface area contributed by atoms with Crippen LogP contribution in [0, 0.1) is 5.82 Å². The molecule has 0 fully saturated rings. The number of hydrogen-bond donors (Lipinski definition) is 2. The zero-order chi connectivity index (χ0) is 20.1. The summed E-state index contributed by atoms with van der Waals surface area (Å²) in [6.07, 6.45) is 4.60. The van der Waals surface area contributed by atoms with E-state index in [2.05, 4.69) is 20.4 Å². The fraction of sp³-hybridized carbons (Fsp3) is 0.278. The third kappa shape index (κ3) is 4.40. The van der Waals surface area contributed by atoms with Gasteiger partial charge in [-0.15, -0.1) is 5.10 Å². The minimum Gasteiger partial charge on any atom is -0.404 e. The van der Waals surface area contributed by atoms with E-state index in [0.29, 0.717) is 25.3 Å². The second-order valence-electron chi connectivity index (χ2n) is 6.20. The maximum absolute atomic E-state index is 13.0. The quantitative estimate of drug-likeness (QED) is 0.767. The fourth-order valence-electron chi connectivity index (χ4n) is 2.74. The van der Waals surface area contributed by atoms with Crippen molar-refractivity contribution in [2.45, 2.75) is 19.0 Å². The van der Waals surface area contributed by atoms with Crippen molar-refractivity contribution in [2.24, 2.45) is 10.7 Å². The Balaban J connectivity index is 1.64. The van der Waals surface area contributed by atoms with E-state index in [4.69, 9.17) is 5.73 Å². The summed E-state index contributed by atoms with van der Waals surface area (Å²) < 4.78 is 14.4. The van der Waals surface area contributed by atoms with Crippen LogP contribution in [-0.4, -0.2) is 56.9 Å². The Morgan fingerprint density at radius 3 is 2.86 bits per heavy atom. The van der Waals surface area contributed by atoms with Gasteiger partial charge in [0.2, 0.25) is 5.82 Å². The lowest BCUT2D eigenvalue weighted by molar-refractivity contribution is -0.128. The molecule has 0 radical (unpaired) electrons. The number of rotatable bonds is 5. The van der Waals surface area contributed by atoms with E-state index < -0.39 is 11.9 Å². The molecule has 28 heavy (non-hydrogen) atoms. The number of amidine groups is 1. The molecule has 0 unspecified atom stereocenters. The predicted octanol–water partition coefficient (Wildman–Crippen LogP) is 0.297. The van der Waals surface area contributed by atoms with Gasteiger partial charge >= 0.3 is 0 Å². The Labute approximate surface area is 160 Å². The fourth-order valence-corrected chi connectivity index (χ4v) is 2.74. The topological polar surface area (TPSA) is 118 Å². The highest BCUT2D eigenvalue weighted by Crippen LogP contribution is 2.08. The minimum absolute atomic E-state index is 0.0511. The summed E-state index contributed by atoms with van der Waals surface area (Å²) in [4.78, 5) is 34.6. The third-order valence-corrected chi connectivity index (χ3v) is 4.21. The lowest BCUT2D eigenvalue weighted by Crippen LogP contribution is -2.48. The van der Waals surface area contributed by atoms with Gasteiger partial charge in [-0.2, -0.15) is 0 Å². The highest BCUT2D eigenvalue weighted by atomic mass is 19.1. The Bertz CT molecular complexity index is 920. The van der Waals surface area contributed by atoms with Crippen LogP contribution >= 0.6 is 0 Å². The van der Waals surface area contributed by atoms with Gasteiger partial charge in [0.15, 0.2) is 0 Å². The molecule has 9 nitrogen and oxygen atoms in total. The highest BCUT2D eigenvalue weighted by molar-refractivity contribution is 6.07. The number of likely N-dealkylation sites (N-methyl/N-ethyl adjacent to an activating group) is 1. The SMILES string of the molecule is CN1C(=O)[C@@H](NC(=O)c2ncn(Cc3ccc(F)cc3)n2)CCN=C1C=CN. The third-order valence-electron chi connectivity index (χ3n) is 4.21. The van der Waals surface area contributed by atoms with Crippen LogP contribution in [0.1, 0.15) is 22.6 Å². The summed E-state index contributed by atoms with van der Waals surface area (Å²) in [6, 6.07) is 5.22.